The Hall–Kier alpha value is -2.65. The number of carbonyl (C=O) groups excluding carboxylic acids is 1. The van der Waals surface area contributed by atoms with Gasteiger partial charge in [0.15, 0.2) is 11.5 Å². The molecule has 2 rings (SSSR count). The van der Waals surface area contributed by atoms with Crippen molar-refractivity contribution in [2.75, 3.05) is 32.8 Å². The van der Waals surface area contributed by atoms with E-state index < -0.39 is 26.6 Å². The minimum atomic E-state index is -4.02. The van der Waals surface area contributed by atoms with Crippen molar-refractivity contribution >= 4 is 15.9 Å². The zero-order chi connectivity index (χ0) is 23.7. The van der Waals surface area contributed by atoms with E-state index in [1.165, 1.54) is 6.07 Å². The van der Waals surface area contributed by atoms with Crippen LogP contribution in [0.4, 0.5) is 4.39 Å². The van der Waals surface area contributed by atoms with Crippen LogP contribution in [0.3, 0.4) is 0 Å². The smallest absolute Gasteiger partial charge is 0.251 e. The predicted octanol–water partition coefficient (Wildman–Crippen LogP) is 3.63. The SMILES string of the molecule is CCOc1ccc(CCNC(=O)c2ccc(F)c(S(=O)(=O)N(CC)CC)c2)cc1OCC. The molecule has 7 nitrogen and oxygen atoms in total. The lowest BCUT2D eigenvalue weighted by Crippen LogP contribution is -2.32. The number of benzene rings is 2. The molecule has 0 atom stereocenters. The van der Waals surface area contributed by atoms with Crippen molar-refractivity contribution in [1.29, 1.82) is 0 Å². The maximum atomic E-state index is 14.3. The number of amides is 1. The summed E-state index contributed by atoms with van der Waals surface area (Å²) in [7, 11) is -4.02. The van der Waals surface area contributed by atoms with Gasteiger partial charge in [-0.2, -0.15) is 4.31 Å². The number of halogens is 1. The number of hydrogen-bond donors (Lipinski definition) is 1. The molecule has 1 N–H and O–H groups in total. The maximum Gasteiger partial charge on any atom is 0.251 e. The molecular formula is C23H31FN2O5S. The minimum Gasteiger partial charge on any atom is -0.490 e. The van der Waals surface area contributed by atoms with Crippen molar-refractivity contribution in [3.63, 3.8) is 0 Å². The fourth-order valence-electron chi connectivity index (χ4n) is 3.22. The van der Waals surface area contributed by atoms with E-state index in [1.54, 1.807) is 13.8 Å². The van der Waals surface area contributed by atoms with Gasteiger partial charge in [-0.15, -0.1) is 0 Å². The first kappa shape index (κ1) is 25.6. The molecule has 9 heteroatoms. The van der Waals surface area contributed by atoms with Crippen LogP contribution in [0, 0.1) is 5.82 Å². The molecule has 0 aliphatic heterocycles. The third kappa shape index (κ3) is 6.20. The summed E-state index contributed by atoms with van der Waals surface area (Å²) >= 11 is 0. The summed E-state index contributed by atoms with van der Waals surface area (Å²) in [4.78, 5) is 12.1. The average molecular weight is 467 g/mol. The number of hydrogen-bond acceptors (Lipinski definition) is 5. The highest BCUT2D eigenvalue weighted by Crippen LogP contribution is 2.28. The second kappa shape index (κ2) is 11.8. The largest absolute Gasteiger partial charge is 0.490 e. The number of nitrogens with one attached hydrogen (secondary N) is 1. The van der Waals surface area contributed by atoms with Crippen LogP contribution < -0.4 is 14.8 Å². The Morgan fingerprint density at radius 2 is 1.62 bits per heavy atom. The van der Waals surface area contributed by atoms with Gasteiger partial charge in [-0.25, -0.2) is 12.8 Å². The molecule has 1 amide bonds. The van der Waals surface area contributed by atoms with Gasteiger partial charge in [-0.1, -0.05) is 19.9 Å². The summed E-state index contributed by atoms with van der Waals surface area (Å²) < 4.78 is 51.9. The summed E-state index contributed by atoms with van der Waals surface area (Å²) in [6.07, 6.45) is 0.532. The van der Waals surface area contributed by atoms with E-state index in [1.807, 2.05) is 32.0 Å². The minimum absolute atomic E-state index is 0.0823. The molecule has 32 heavy (non-hydrogen) atoms. The van der Waals surface area contributed by atoms with Crippen molar-refractivity contribution in [3.8, 4) is 11.5 Å². The molecule has 0 radical (unpaired) electrons. The molecule has 0 bridgehead atoms. The zero-order valence-corrected chi connectivity index (χ0v) is 19.8. The Bertz CT molecular complexity index is 1020. The Labute approximate surface area is 189 Å². The number of sulfonamides is 1. The van der Waals surface area contributed by atoms with Crippen molar-refractivity contribution in [2.45, 2.75) is 39.0 Å². The topological polar surface area (TPSA) is 84.9 Å². The highest BCUT2D eigenvalue weighted by Gasteiger charge is 2.26. The number of rotatable bonds is 12. The summed E-state index contributed by atoms with van der Waals surface area (Å²) in [6, 6.07) is 8.96. The summed E-state index contributed by atoms with van der Waals surface area (Å²) in [5, 5.41) is 2.75. The first-order chi connectivity index (χ1) is 15.3. The van der Waals surface area contributed by atoms with Gasteiger partial charge in [0, 0.05) is 25.2 Å². The van der Waals surface area contributed by atoms with E-state index in [9.17, 15) is 17.6 Å². The Morgan fingerprint density at radius 1 is 0.969 bits per heavy atom. The Kier molecular flexibility index (Phi) is 9.46. The van der Waals surface area contributed by atoms with Crippen LogP contribution in [0.1, 0.15) is 43.6 Å². The van der Waals surface area contributed by atoms with Gasteiger partial charge < -0.3 is 14.8 Å². The Morgan fingerprint density at radius 3 is 2.25 bits per heavy atom. The molecule has 0 unspecified atom stereocenters. The molecule has 2 aromatic rings. The van der Waals surface area contributed by atoms with Gasteiger partial charge in [-0.3, -0.25) is 4.79 Å². The van der Waals surface area contributed by atoms with E-state index in [0.717, 1.165) is 22.0 Å². The lowest BCUT2D eigenvalue weighted by atomic mass is 10.1. The summed E-state index contributed by atoms with van der Waals surface area (Å²) in [5.74, 6) is -0.0541. The number of carbonyl (C=O) groups is 1. The molecule has 0 aliphatic rings. The van der Waals surface area contributed by atoms with E-state index in [-0.39, 0.29) is 18.7 Å². The van der Waals surface area contributed by atoms with Gasteiger partial charge >= 0.3 is 0 Å². The van der Waals surface area contributed by atoms with E-state index in [4.69, 9.17) is 9.47 Å². The van der Waals surface area contributed by atoms with E-state index >= 15 is 0 Å². The molecule has 2 aromatic carbocycles. The van der Waals surface area contributed by atoms with Gasteiger partial charge in [0.1, 0.15) is 10.7 Å². The highest BCUT2D eigenvalue weighted by atomic mass is 32.2. The first-order valence-electron chi connectivity index (χ1n) is 10.7. The summed E-state index contributed by atoms with van der Waals surface area (Å²) in [5.41, 5.74) is 1.03. The number of nitrogens with zero attached hydrogens (tertiary/aromatic N) is 1. The van der Waals surface area contributed by atoms with Crippen LogP contribution in [-0.2, 0) is 16.4 Å². The van der Waals surface area contributed by atoms with Crippen molar-refractivity contribution in [2.24, 2.45) is 0 Å². The molecule has 0 saturated carbocycles. The molecule has 0 aromatic heterocycles. The molecule has 0 fully saturated rings. The van der Waals surface area contributed by atoms with Crippen molar-refractivity contribution in [3.05, 3.63) is 53.3 Å². The van der Waals surface area contributed by atoms with Crippen molar-refractivity contribution in [1.82, 2.24) is 9.62 Å². The van der Waals surface area contributed by atoms with Gasteiger partial charge in [-0.05, 0) is 56.2 Å². The van der Waals surface area contributed by atoms with Crippen molar-refractivity contribution < 1.29 is 27.1 Å². The van der Waals surface area contributed by atoms with Crippen LogP contribution in [0.5, 0.6) is 11.5 Å². The van der Waals surface area contributed by atoms with Crippen LogP contribution in [0.2, 0.25) is 0 Å². The highest BCUT2D eigenvalue weighted by molar-refractivity contribution is 7.89. The maximum absolute atomic E-state index is 14.3. The fraction of sp³-hybridized carbons (Fsp3) is 0.435. The standard InChI is InChI=1S/C23H31FN2O5S/c1-5-26(6-2)32(28,29)22-16-18(10-11-19(22)24)23(27)25-14-13-17-9-12-20(30-7-3)21(15-17)31-8-4/h9-12,15-16H,5-8,13-14H2,1-4H3,(H,25,27). The van der Waals surface area contributed by atoms with E-state index in [2.05, 4.69) is 5.32 Å². The molecule has 0 saturated heterocycles. The number of ether oxygens (including phenoxy) is 2. The summed E-state index contributed by atoms with van der Waals surface area (Å²) in [6.45, 7) is 8.89. The zero-order valence-electron chi connectivity index (χ0n) is 19.0. The fourth-order valence-corrected chi connectivity index (χ4v) is 4.77. The van der Waals surface area contributed by atoms with Crippen LogP contribution in [0.15, 0.2) is 41.3 Å². The monoisotopic (exact) mass is 466 g/mol. The van der Waals surface area contributed by atoms with Crippen LogP contribution >= 0.6 is 0 Å². The second-order valence-electron chi connectivity index (χ2n) is 6.89. The average Bonchev–Trinajstić information content (AvgIpc) is 2.76. The predicted molar refractivity (Wildman–Crippen MR) is 121 cm³/mol. The molecule has 0 aliphatic carbocycles. The normalized spacial score (nSPS) is 11.4. The molecular weight excluding hydrogens is 435 g/mol. The second-order valence-corrected chi connectivity index (χ2v) is 8.79. The van der Waals surface area contributed by atoms with Crippen LogP contribution in [-0.4, -0.2) is 51.5 Å². The lowest BCUT2D eigenvalue weighted by Gasteiger charge is -2.19. The molecule has 0 spiro atoms. The molecule has 0 heterocycles. The van der Waals surface area contributed by atoms with Gasteiger partial charge in [0.25, 0.3) is 5.91 Å². The third-order valence-electron chi connectivity index (χ3n) is 4.82. The van der Waals surface area contributed by atoms with E-state index in [0.29, 0.717) is 37.7 Å². The Balaban J connectivity index is 2.10. The molecule has 176 valence electrons. The lowest BCUT2D eigenvalue weighted by molar-refractivity contribution is 0.0954. The van der Waals surface area contributed by atoms with Crippen LogP contribution in [0.25, 0.3) is 0 Å². The third-order valence-corrected chi connectivity index (χ3v) is 6.89. The first-order valence-corrected chi connectivity index (χ1v) is 12.2. The quantitative estimate of drug-likeness (QED) is 0.516. The van der Waals surface area contributed by atoms with Gasteiger partial charge in [0.05, 0.1) is 13.2 Å². The van der Waals surface area contributed by atoms with Gasteiger partial charge in [0.2, 0.25) is 10.0 Å².